The van der Waals surface area contributed by atoms with Crippen LogP contribution < -0.4 is 0 Å². The van der Waals surface area contributed by atoms with Crippen LogP contribution in [0.3, 0.4) is 0 Å². The molecule has 5 aliphatic rings. The van der Waals surface area contributed by atoms with Gasteiger partial charge in [0.25, 0.3) is 0 Å². The molecule has 0 aromatic carbocycles. The Hall–Kier alpha value is -0.530. The van der Waals surface area contributed by atoms with E-state index >= 15 is 0 Å². The quantitative estimate of drug-likeness (QED) is 0.763. The Kier molecular flexibility index (Phi) is 2.72. The fourth-order valence-electron chi connectivity index (χ4n) is 5.66. The number of carbonyl (C=O) groups excluding carboxylic acids is 1. The van der Waals surface area contributed by atoms with Crippen molar-refractivity contribution >= 4 is 5.91 Å². The first kappa shape index (κ1) is 12.2. The summed E-state index contributed by atoms with van der Waals surface area (Å²) >= 11 is 0. The predicted molar refractivity (Wildman–Crippen MR) is 75.5 cm³/mol. The fraction of sp³-hybridized carbons (Fsp3) is 0.941. The van der Waals surface area contributed by atoms with Crippen molar-refractivity contribution in [1.82, 2.24) is 4.90 Å². The van der Waals surface area contributed by atoms with Gasteiger partial charge in [0, 0.05) is 19.0 Å². The van der Waals surface area contributed by atoms with Crippen LogP contribution in [-0.4, -0.2) is 23.9 Å². The molecule has 0 aromatic rings. The molecule has 0 N–H and O–H groups in total. The first-order valence-corrected chi connectivity index (χ1v) is 8.40. The molecule has 5 aliphatic carbocycles. The van der Waals surface area contributed by atoms with Crippen LogP contribution in [-0.2, 0) is 4.79 Å². The third-order valence-corrected chi connectivity index (χ3v) is 6.77. The van der Waals surface area contributed by atoms with Crippen molar-refractivity contribution in [1.29, 1.82) is 0 Å². The molecule has 0 saturated heterocycles. The van der Waals surface area contributed by atoms with Gasteiger partial charge in [-0.05, 0) is 81.5 Å². The molecule has 19 heavy (non-hydrogen) atoms. The van der Waals surface area contributed by atoms with Crippen LogP contribution in [0.1, 0.15) is 51.9 Å². The summed E-state index contributed by atoms with van der Waals surface area (Å²) in [5.74, 6) is 5.09. The first-order chi connectivity index (χ1) is 9.13. The predicted octanol–water partition coefficient (Wildman–Crippen LogP) is 3.32. The van der Waals surface area contributed by atoms with Crippen LogP contribution in [0.5, 0.6) is 0 Å². The summed E-state index contributed by atoms with van der Waals surface area (Å²) in [5.41, 5.74) is 0. The second-order valence-electron chi connectivity index (χ2n) is 7.98. The summed E-state index contributed by atoms with van der Waals surface area (Å²) in [4.78, 5) is 15.0. The molecule has 106 valence electrons. The molecule has 1 amide bonds. The van der Waals surface area contributed by atoms with Gasteiger partial charge in [-0.2, -0.15) is 0 Å². The average Bonchev–Trinajstić information content (AvgIpc) is 3.19. The lowest BCUT2D eigenvalue weighted by Gasteiger charge is -2.54. The van der Waals surface area contributed by atoms with Gasteiger partial charge in [-0.3, -0.25) is 4.79 Å². The van der Waals surface area contributed by atoms with Gasteiger partial charge < -0.3 is 4.90 Å². The first-order valence-electron chi connectivity index (χ1n) is 8.40. The maximum Gasteiger partial charge on any atom is 0.226 e. The van der Waals surface area contributed by atoms with E-state index in [1.807, 2.05) is 0 Å². The maximum atomic E-state index is 12.9. The largest absolute Gasteiger partial charge is 0.343 e. The third kappa shape index (κ3) is 1.94. The molecule has 0 heterocycles. The molecule has 4 bridgehead atoms. The second-order valence-corrected chi connectivity index (χ2v) is 7.98. The number of carbonyl (C=O) groups is 1. The van der Waals surface area contributed by atoms with Gasteiger partial charge >= 0.3 is 0 Å². The van der Waals surface area contributed by atoms with Crippen LogP contribution in [0.25, 0.3) is 0 Å². The standard InChI is InChI=1S/C17H27NO/c1-10(13-3-4-13)18(2)17(19)16-14-6-11-5-12(8-14)9-15(16)7-11/h10-16H,3-9H2,1-2H3. The van der Waals surface area contributed by atoms with E-state index in [1.165, 1.54) is 44.9 Å². The minimum Gasteiger partial charge on any atom is -0.343 e. The van der Waals surface area contributed by atoms with Crippen molar-refractivity contribution in [3.8, 4) is 0 Å². The van der Waals surface area contributed by atoms with Gasteiger partial charge in [0.1, 0.15) is 0 Å². The lowest BCUT2D eigenvalue weighted by molar-refractivity contribution is -0.149. The van der Waals surface area contributed by atoms with E-state index in [4.69, 9.17) is 0 Å². The highest BCUT2D eigenvalue weighted by Gasteiger charge is 2.51. The SMILES string of the molecule is CC(C1CC1)N(C)C(=O)C1C2CC3CC(C2)CC1C3. The minimum atomic E-state index is 0.388. The molecule has 5 rings (SSSR count). The van der Waals surface area contributed by atoms with Crippen LogP contribution in [0.2, 0.25) is 0 Å². The van der Waals surface area contributed by atoms with Crippen molar-refractivity contribution in [2.45, 2.75) is 57.9 Å². The Morgan fingerprint density at radius 3 is 2.00 bits per heavy atom. The highest BCUT2D eigenvalue weighted by Crippen LogP contribution is 2.57. The zero-order valence-electron chi connectivity index (χ0n) is 12.3. The Labute approximate surface area is 116 Å². The zero-order valence-corrected chi connectivity index (χ0v) is 12.3. The van der Waals surface area contributed by atoms with E-state index in [1.54, 1.807) is 0 Å². The van der Waals surface area contributed by atoms with Crippen molar-refractivity contribution in [2.75, 3.05) is 7.05 Å². The van der Waals surface area contributed by atoms with E-state index in [0.717, 1.165) is 29.6 Å². The highest BCUT2D eigenvalue weighted by atomic mass is 16.2. The van der Waals surface area contributed by atoms with Gasteiger partial charge in [-0.15, -0.1) is 0 Å². The molecule has 2 nitrogen and oxygen atoms in total. The molecule has 1 unspecified atom stereocenters. The van der Waals surface area contributed by atoms with Crippen molar-refractivity contribution in [3.05, 3.63) is 0 Å². The van der Waals surface area contributed by atoms with Crippen LogP contribution in [0.15, 0.2) is 0 Å². The lowest BCUT2D eigenvalue weighted by atomic mass is 9.51. The monoisotopic (exact) mass is 261 g/mol. The molecule has 2 heteroatoms. The summed E-state index contributed by atoms with van der Waals surface area (Å²) in [6, 6.07) is 0.477. The zero-order chi connectivity index (χ0) is 13.1. The maximum absolute atomic E-state index is 12.9. The smallest absolute Gasteiger partial charge is 0.226 e. The van der Waals surface area contributed by atoms with E-state index in [0.29, 0.717) is 17.9 Å². The van der Waals surface area contributed by atoms with Gasteiger partial charge in [0.15, 0.2) is 0 Å². The lowest BCUT2D eigenvalue weighted by Crippen LogP contribution is -2.52. The van der Waals surface area contributed by atoms with Crippen molar-refractivity contribution in [3.63, 3.8) is 0 Å². The van der Waals surface area contributed by atoms with E-state index in [9.17, 15) is 4.79 Å². The molecule has 5 saturated carbocycles. The van der Waals surface area contributed by atoms with E-state index in [2.05, 4.69) is 18.9 Å². The van der Waals surface area contributed by atoms with Gasteiger partial charge in [-0.1, -0.05) is 0 Å². The molecular weight excluding hydrogens is 234 g/mol. The molecule has 0 aromatic heterocycles. The summed E-state index contributed by atoms with van der Waals surface area (Å²) in [7, 11) is 2.07. The summed E-state index contributed by atoms with van der Waals surface area (Å²) in [6.07, 6.45) is 9.57. The molecule has 0 radical (unpaired) electrons. The van der Waals surface area contributed by atoms with Crippen molar-refractivity contribution < 1.29 is 4.79 Å². The Bertz CT molecular complexity index is 359. The van der Waals surface area contributed by atoms with E-state index < -0.39 is 0 Å². The molecule has 5 fully saturated rings. The van der Waals surface area contributed by atoms with Crippen molar-refractivity contribution in [2.24, 2.45) is 35.5 Å². The summed E-state index contributed by atoms with van der Waals surface area (Å²) in [6.45, 7) is 2.26. The second kappa shape index (κ2) is 4.23. The molecular formula is C17H27NO. The van der Waals surface area contributed by atoms with Gasteiger partial charge in [0.2, 0.25) is 5.91 Å². The normalized spacial score (nSPS) is 45.3. The average molecular weight is 261 g/mol. The Morgan fingerprint density at radius 1 is 1.00 bits per heavy atom. The topological polar surface area (TPSA) is 20.3 Å². The van der Waals surface area contributed by atoms with Crippen LogP contribution in [0.4, 0.5) is 0 Å². The van der Waals surface area contributed by atoms with Crippen LogP contribution in [0, 0.1) is 35.5 Å². The molecule has 0 spiro atoms. The van der Waals surface area contributed by atoms with Crippen LogP contribution >= 0.6 is 0 Å². The van der Waals surface area contributed by atoms with Gasteiger partial charge in [-0.25, -0.2) is 0 Å². The van der Waals surface area contributed by atoms with E-state index in [-0.39, 0.29) is 0 Å². The molecule has 0 aliphatic heterocycles. The summed E-state index contributed by atoms with van der Waals surface area (Å²) in [5, 5.41) is 0. The number of nitrogens with zero attached hydrogens (tertiary/aromatic N) is 1. The minimum absolute atomic E-state index is 0.388. The number of amides is 1. The highest BCUT2D eigenvalue weighted by molar-refractivity contribution is 5.80. The number of hydrogen-bond acceptors (Lipinski definition) is 1. The fourth-order valence-corrected chi connectivity index (χ4v) is 5.66. The third-order valence-electron chi connectivity index (χ3n) is 6.77. The number of hydrogen-bond donors (Lipinski definition) is 0. The molecule has 1 atom stereocenters. The Morgan fingerprint density at radius 2 is 1.53 bits per heavy atom. The summed E-state index contributed by atoms with van der Waals surface area (Å²) < 4.78 is 0. The van der Waals surface area contributed by atoms with Gasteiger partial charge in [0.05, 0.1) is 0 Å². The number of rotatable bonds is 3. The Balaban J connectivity index is 1.50.